The largest absolute Gasteiger partial charge is 0.312 e. The molecule has 0 saturated carbocycles. The van der Waals surface area contributed by atoms with E-state index in [1.54, 1.807) is 0 Å². The second-order valence-electron chi connectivity index (χ2n) is 5.46. The summed E-state index contributed by atoms with van der Waals surface area (Å²) in [4.78, 5) is 0. The maximum atomic E-state index is 3.60. The summed E-state index contributed by atoms with van der Waals surface area (Å²) in [5.74, 6) is 0.824. The summed E-state index contributed by atoms with van der Waals surface area (Å²) in [6, 6.07) is 15.3. The summed E-state index contributed by atoms with van der Waals surface area (Å²) in [6.45, 7) is 2.11. The first-order valence-corrected chi connectivity index (χ1v) is 7.25. The lowest BCUT2D eigenvalue weighted by Crippen LogP contribution is -2.23. The number of hydrogen-bond donors (Lipinski definition) is 1. The van der Waals surface area contributed by atoms with E-state index in [1.807, 2.05) is 0 Å². The molecule has 19 heavy (non-hydrogen) atoms. The summed E-state index contributed by atoms with van der Waals surface area (Å²) in [7, 11) is 0. The molecule has 1 nitrogen and oxygen atoms in total. The van der Waals surface area contributed by atoms with Gasteiger partial charge in [-0.15, -0.1) is 0 Å². The van der Waals surface area contributed by atoms with E-state index >= 15 is 0 Å². The number of nitrogens with one attached hydrogen (secondary N) is 1. The lowest BCUT2D eigenvalue weighted by molar-refractivity contribution is 0.440. The maximum Gasteiger partial charge on any atom is 0.0205 e. The first kappa shape index (κ1) is 12.4. The van der Waals surface area contributed by atoms with E-state index in [-0.39, 0.29) is 0 Å². The van der Waals surface area contributed by atoms with Gasteiger partial charge in [-0.05, 0) is 54.1 Å². The number of fused-ring (bicyclic) bond motifs is 1. The highest BCUT2D eigenvalue weighted by Crippen LogP contribution is 2.18. The van der Waals surface area contributed by atoms with Crippen LogP contribution in [0.15, 0.2) is 54.6 Å². The molecule has 1 aliphatic rings. The fourth-order valence-electron chi connectivity index (χ4n) is 2.81. The van der Waals surface area contributed by atoms with Crippen LogP contribution in [0, 0.1) is 5.92 Å². The minimum atomic E-state index is 0.824. The lowest BCUT2D eigenvalue weighted by Gasteiger charge is -2.18. The Morgan fingerprint density at radius 3 is 2.74 bits per heavy atom. The molecular weight excluding hydrogens is 230 g/mol. The van der Waals surface area contributed by atoms with Gasteiger partial charge in [-0.1, -0.05) is 48.6 Å². The molecule has 2 aromatic carbocycles. The smallest absolute Gasteiger partial charge is 0.0205 e. The highest BCUT2D eigenvalue weighted by Gasteiger charge is 2.08. The molecular formula is C18H21N. The van der Waals surface area contributed by atoms with Gasteiger partial charge in [0.25, 0.3) is 0 Å². The van der Waals surface area contributed by atoms with E-state index in [1.165, 1.54) is 35.6 Å². The van der Waals surface area contributed by atoms with E-state index in [2.05, 4.69) is 59.9 Å². The molecule has 1 N–H and O–H groups in total. The van der Waals surface area contributed by atoms with Crippen LogP contribution in [0.25, 0.3) is 10.8 Å². The summed E-state index contributed by atoms with van der Waals surface area (Å²) >= 11 is 0. The fourth-order valence-corrected chi connectivity index (χ4v) is 2.81. The van der Waals surface area contributed by atoms with Gasteiger partial charge in [0, 0.05) is 6.54 Å². The minimum absolute atomic E-state index is 0.824. The van der Waals surface area contributed by atoms with Crippen molar-refractivity contribution in [3.63, 3.8) is 0 Å². The van der Waals surface area contributed by atoms with Crippen molar-refractivity contribution < 1.29 is 0 Å². The van der Waals surface area contributed by atoms with E-state index in [0.29, 0.717) is 0 Å². The predicted molar refractivity (Wildman–Crippen MR) is 82.1 cm³/mol. The van der Waals surface area contributed by atoms with Gasteiger partial charge < -0.3 is 5.32 Å². The molecule has 2 aromatic rings. The van der Waals surface area contributed by atoms with E-state index < -0.39 is 0 Å². The van der Waals surface area contributed by atoms with Gasteiger partial charge in [-0.2, -0.15) is 0 Å². The van der Waals surface area contributed by atoms with E-state index in [0.717, 1.165) is 19.0 Å². The highest BCUT2D eigenvalue weighted by atomic mass is 14.9. The molecule has 0 aliphatic heterocycles. The topological polar surface area (TPSA) is 12.0 Å². The van der Waals surface area contributed by atoms with Crippen molar-refractivity contribution in [3.8, 4) is 0 Å². The summed E-state index contributed by atoms with van der Waals surface area (Å²) in [5, 5.41) is 6.26. The Labute approximate surface area is 115 Å². The van der Waals surface area contributed by atoms with Crippen molar-refractivity contribution in [1.82, 2.24) is 5.32 Å². The Morgan fingerprint density at radius 2 is 1.89 bits per heavy atom. The van der Waals surface area contributed by atoms with Gasteiger partial charge in [0.05, 0.1) is 0 Å². The summed E-state index contributed by atoms with van der Waals surface area (Å²) in [5.41, 5.74) is 1.38. The van der Waals surface area contributed by atoms with Crippen LogP contribution in [0.5, 0.6) is 0 Å². The van der Waals surface area contributed by atoms with Gasteiger partial charge >= 0.3 is 0 Å². The lowest BCUT2D eigenvalue weighted by atomic mass is 9.94. The molecule has 0 saturated heterocycles. The van der Waals surface area contributed by atoms with Crippen LogP contribution in [0.1, 0.15) is 24.8 Å². The number of rotatable bonds is 4. The molecule has 3 rings (SSSR count). The molecule has 1 heteroatoms. The molecule has 1 aliphatic carbocycles. The number of hydrogen-bond acceptors (Lipinski definition) is 1. The van der Waals surface area contributed by atoms with Crippen LogP contribution >= 0.6 is 0 Å². The van der Waals surface area contributed by atoms with Gasteiger partial charge in [0.2, 0.25) is 0 Å². The molecule has 1 unspecified atom stereocenters. The third kappa shape index (κ3) is 3.24. The van der Waals surface area contributed by atoms with E-state index in [4.69, 9.17) is 0 Å². The molecule has 0 heterocycles. The van der Waals surface area contributed by atoms with Crippen LogP contribution in [-0.2, 0) is 6.54 Å². The molecule has 0 radical (unpaired) electrons. The van der Waals surface area contributed by atoms with Gasteiger partial charge in [-0.25, -0.2) is 0 Å². The Hall–Kier alpha value is -1.60. The average molecular weight is 251 g/mol. The van der Waals surface area contributed by atoms with Crippen molar-refractivity contribution in [2.45, 2.75) is 25.8 Å². The van der Waals surface area contributed by atoms with Gasteiger partial charge in [-0.3, -0.25) is 0 Å². The minimum Gasteiger partial charge on any atom is -0.312 e. The zero-order valence-corrected chi connectivity index (χ0v) is 11.3. The molecule has 1 atom stereocenters. The maximum absolute atomic E-state index is 3.60. The number of benzene rings is 2. The van der Waals surface area contributed by atoms with Crippen molar-refractivity contribution in [2.75, 3.05) is 6.54 Å². The molecule has 0 amide bonds. The molecule has 0 fully saturated rings. The third-order valence-corrected chi connectivity index (χ3v) is 3.95. The van der Waals surface area contributed by atoms with Crippen LogP contribution in [0.3, 0.4) is 0 Å². The van der Waals surface area contributed by atoms with Crippen LogP contribution in [0.2, 0.25) is 0 Å². The highest BCUT2D eigenvalue weighted by molar-refractivity contribution is 5.82. The zero-order chi connectivity index (χ0) is 12.9. The fraction of sp³-hybridized carbons (Fsp3) is 0.333. The predicted octanol–water partition coefficient (Wildman–Crippen LogP) is 4.29. The van der Waals surface area contributed by atoms with Crippen molar-refractivity contribution in [2.24, 2.45) is 5.92 Å². The Bertz CT molecular complexity index is 571. The third-order valence-electron chi connectivity index (χ3n) is 3.95. The monoisotopic (exact) mass is 251 g/mol. The SMILES string of the molecule is C1=CCC(CNCc2ccc3ccccc3c2)CC1. The van der Waals surface area contributed by atoms with Crippen molar-refractivity contribution in [3.05, 3.63) is 60.2 Å². The molecule has 98 valence electrons. The Morgan fingerprint density at radius 1 is 1.00 bits per heavy atom. The number of allylic oxidation sites excluding steroid dienone is 2. The first-order chi connectivity index (χ1) is 9.42. The molecule has 0 aromatic heterocycles. The van der Waals surface area contributed by atoms with Crippen LogP contribution in [0.4, 0.5) is 0 Å². The Balaban J connectivity index is 1.57. The van der Waals surface area contributed by atoms with Crippen molar-refractivity contribution in [1.29, 1.82) is 0 Å². The summed E-state index contributed by atoms with van der Waals surface area (Å²) in [6.07, 6.45) is 8.46. The Kier molecular flexibility index (Phi) is 3.95. The van der Waals surface area contributed by atoms with E-state index in [9.17, 15) is 0 Å². The van der Waals surface area contributed by atoms with Gasteiger partial charge in [0.15, 0.2) is 0 Å². The molecule has 0 bridgehead atoms. The molecule has 0 spiro atoms. The average Bonchev–Trinajstić information content (AvgIpc) is 2.48. The second kappa shape index (κ2) is 6.03. The van der Waals surface area contributed by atoms with Crippen molar-refractivity contribution >= 4 is 10.8 Å². The summed E-state index contributed by atoms with van der Waals surface area (Å²) < 4.78 is 0. The zero-order valence-electron chi connectivity index (χ0n) is 11.3. The normalized spacial score (nSPS) is 18.8. The quantitative estimate of drug-likeness (QED) is 0.799. The van der Waals surface area contributed by atoms with Crippen LogP contribution < -0.4 is 5.32 Å². The first-order valence-electron chi connectivity index (χ1n) is 7.25. The second-order valence-corrected chi connectivity index (χ2v) is 5.46. The van der Waals surface area contributed by atoms with Gasteiger partial charge in [0.1, 0.15) is 0 Å². The standard InChI is InChI=1S/C18H21N/c1-2-6-15(7-3-1)13-19-14-16-10-11-17-8-4-5-9-18(17)12-16/h1-2,4-5,8-12,15,19H,3,6-7,13-14H2. The van der Waals surface area contributed by atoms with Crippen LogP contribution in [-0.4, -0.2) is 6.54 Å².